The second-order valence-electron chi connectivity index (χ2n) is 5.34. The Morgan fingerprint density at radius 3 is 2.63 bits per heavy atom. The first-order valence-electron chi connectivity index (χ1n) is 6.26. The molecule has 2 amide bonds. The Labute approximate surface area is 114 Å². The van der Waals surface area contributed by atoms with Gasteiger partial charge in [0.15, 0.2) is 0 Å². The molecule has 0 fully saturated rings. The van der Waals surface area contributed by atoms with Gasteiger partial charge in [0.2, 0.25) is 0 Å². The Morgan fingerprint density at radius 1 is 1.32 bits per heavy atom. The summed E-state index contributed by atoms with van der Waals surface area (Å²) in [5.74, 6) is 0.771. The van der Waals surface area contributed by atoms with Crippen LogP contribution in [0.3, 0.4) is 0 Å². The molecule has 1 aromatic carbocycles. The van der Waals surface area contributed by atoms with Crippen molar-refractivity contribution < 1.29 is 9.53 Å². The Morgan fingerprint density at radius 2 is 2.00 bits per heavy atom. The molecule has 0 aliphatic heterocycles. The number of para-hydroxylation sites is 1. The van der Waals surface area contributed by atoms with Gasteiger partial charge in [-0.2, -0.15) is 0 Å². The molecule has 0 atom stereocenters. The van der Waals surface area contributed by atoms with Crippen LogP contribution >= 0.6 is 0 Å². The maximum atomic E-state index is 11.6. The van der Waals surface area contributed by atoms with E-state index in [1.54, 1.807) is 13.3 Å². The van der Waals surface area contributed by atoms with Gasteiger partial charge in [-0.05, 0) is 11.5 Å². The minimum atomic E-state index is -0.230. The number of amides is 2. The van der Waals surface area contributed by atoms with Crippen LogP contribution in [0.4, 0.5) is 4.79 Å². The van der Waals surface area contributed by atoms with Gasteiger partial charge >= 0.3 is 6.03 Å². The standard InChI is InChI=1S/C15H22N2O2/c1-15(2,3)9-10-16-14(18)17-11-12-7-5-6-8-13(12)19-4/h5-10H,11H2,1-4H3,(H2,16,17,18)/b10-9+. The van der Waals surface area contributed by atoms with E-state index in [2.05, 4.69) is 31.4 Å². The summed E-state index contributed by atoms with van der Waals surface area (Å²) in [5.41, 5.74) is 0.996. The van der Waals surface area contributed by atoms with E-state index in [0.29, 0.717) is 6.54 Å². The zero-order valence-corrected chi connectivity index (χ0v) is 12.0. The first-order chi connectivity index (χ1) is 8.92. The Hall–Kier alpha value is -1.97. The SMILES string of the molecule is COc1ccccc1CNC(=O)N/C=C/C(C)(C)C. The highest BCUT2D eigenvalue weighted by Gasteiger charge is 2.05. The molecule has 0 unspecified atom stereocenters. The van der Waals surface area contributed by atoms with E-state index in [-0.39, 0.29) is 11.4 Å². The molecule has 19 heavy (non-hydrogen) atoms. The molecule has 0 aromatic heterocycles. The average Bonchev–Trinajstić information content (AvgIpc) is 2.35. The predicted molar refractivity (Wildman–Crippen MR) is 77.0 cm³/mol. The summed E-state index contributed by atoms with van der Waals surface area (Å²) < 4.78 is 5.22. The lowest BCUT2D eigenvalue weighted by molar-refractivity contribution is 0.243. The van der Waals surface area contributed by atoms with Crippen LogP contribution < -0.4 is 15.4 Å². The van der Waals surface area contributed by atoms with Crippen LogP contribution in [-0.2, 0) is 6.54 Å². The highest BCUT2D eigenvalue weighted by atomic mass is 16.5. The zero-order valence-electron chi connectivity index (χ0n) is 12.0. The number of hydrogen-bond donors (Lipinski definition) is 2. The van der Waals surface area contributed by atoms with Gasteiger partial charge in [0.25, 0.3) is 0 Å². The van der Waals surface area contributed by atoms with Crippen LogP contribution in [0.1, 0.15) is 26.3 Å². The number of methoxy groups -OCH3 is 1. The highest BCUT2D eigenvalue weighted by molar-refractivity contribution is 5.74. The lowest BCUT2D eigenvalue weighted by Crippen LogP contribution is -2.31. The van der Waals surface area contributed by atoms with Crippen LogP contribution in [0.2, 0.25) is 0 Å². The summed E-state index contributed by atoms with van der Waals surface area (Å²) in [7, 11) is 1.62. The van der Waals surface area contributed by atoms with E-state index in [1.165, 1.54) is 0 Å². The summed E-state index contributed by atoms with van der Waals surface area (Å²) >= 11 is 0. The molecular weight excluding hydrogens is 240 g/mol. The summed E-state index contributed by atoms with van der Waals surface area (Å²) in [5, 5.41) is 5.45. The molecule has 0 radical (unpaired) electrons. The largest absolute Gasteiger partial charge is 0.496 e. The Bertz CT molecular complexity index is 448. The maximum Gasteiger partial charge on any atom is 0.319 e. The molecule has 0 spiro atoms. The fraction of sp³-hybridized carbons (Fsp3) is 0.400. The molecule has 4 nitrogen and oxygen atoms in total. The van der Waals surface area contributed by atoms with E-state index < -0.39 is 0 Å². The summed E-state index contributed by atoms with van der Waals surface area (Å²) in [6.45, 7) is 6.63. The molecule has 104 valence electrons. The third-order valence-electron chi connectivity index (χ3n) is 2.43. The number of benzene rings is 1. The number of carbonyl (C=O) groups is 1. The smallest absolute Gasteiger partial charge is 0.319 e. The van der Waals surface area contributed by atoms with Crippen molar-refractivity contribution in [3.8, 4) is 5.75 Å². The topological polar surface area (TPSA) is 50.4 Å². The van der Waals surface area contributed by atoms with E-state index in [4.69, 9.17) is 4.74 Å². The molecular formula is C15H22N2O2. The van der Waals surface area contributed by atoms with Crippen molar-refractivity contribution in [1.29, 1.82) is 0 Å². The van der Waals surface area contributed by atoms with Crippen LogP contribution in [0, 0.1) is 5.41 Å². The Balaban J connectivity index is 2.44. The summed E-state index contributed by atoms with van der Waals surface area (Å²) in [6.07, 6.45) is 3.60. The first kappa shape index (κ1) is 15.1. The van der Waals surface area contributed by atoms with Crippen molar-refractivity contribution in [2.24, 2.45) is 5.41 Å². The number of rotatable bonds is 4. The number of carbonyl (C=O) groups excluding carboxylic acids is 1. The van der Waals surface area contributed by atoms with Gasteiger partial charge in [-0.25, -0.2) is 4.79 Å². The minimum Gasteiger partial charge on any atom is -0.496 e. The van der Waals surface area contributed by atoms with E-state index in [1.807, 2.05) is 30.3 Å². The number of urea groups is 1. The van der Waals surface area contributed by atoms with Gasteiger partial charge in [-0.1, -0.05) is 45.0 Å². The van der Waals surface area contributed by atoms with E-state index in [0.717, 1.165) is 11.3 Å². The zero-order chi connectivity index (χ0) is 14.3. The summed E-state index contributed by atoms with van der Waals surface area (Å²) in [6, 6.07) is 7.37. The molecule has 1 aromatic rings. The molecule has 0 saturated heterocycles. The average molecular weight is 262 g/mol. The van der Waals surface area contributed by atoms with Gasteiger partial charge < -0.3 is 15.4 Å². The number of ether oxygens (including phenoxy) is 1. The van der Waals surface area contributed by atoms with Crippen molar-refractivity contribution in [3.63, 3.8) is 0 Å². The molecule has 0 bridgehead atoms. The van der Waals surface area contributed by atoms with Crippen molar-refractivity contribution in [1.82, 2.24) is 10.6 Å². The summed E-state index contributed by atoms with van der Waals surface area (Å²) in [4.78, 5) is 11.6. The third kappa shape index (κ3) is 5.95. The minimum absolute atomic E-state index is 0.0515. The van der Waals surface area contributed by atoms with Crippen molar-refractivity contribution in [2.75, 3.05) is 7.11 Å². The van der Waals surface area contributed by atoms with Crippen molar-refractivity contribution in [2.45, 2.75) is 27.3 Å². The fourth-order valence-electron chi connectivity index (χ4n) is 1.44. The second-order valence-corrected chi connectivity index (χ2v) is 5.34. The molecule has 4 heteroatoms. The molecule has 0 aliphatic carbocycles. The monoisotopic (exact) mass is 262 g/mol. The first-order valence-corrected chi connectivity index (χ1v) is 6.26. The van der Waals surface area contributed by atoms with Crippen LogP contribution in [0.15, 0.2) is 36.5 Å². The van der Waals surface area contributed by atoms with E-state index >= 15 is 0 Å². The van der Waals surface area contributed by atoms with Gasteiger partial charge in [0, 0.05) is 18.3 Å². The van der Waals surface area contributed by atoms with Crippen molar-refractivity contribution >= 4 is 6.03 Å². The maximum absolute atomic E-state index is 11.6. The molecule has 2 N–H and O–H groups in total. The normalized spacial score (nSPS) is 11.4. The number of allylic oxidation sites excluding steroid dienone is 1. The molecule has 0 saturated carbocycles. The van der Waals surface area contributed by atoms with Crippen LogP contribution in [0.5, 0.6) is 5.75 Å². The Kier molecular flexibility index (Phi) is 5.42. The highest BCUT2D eigenvalue weighted by Crippen LogP contribution is 2.16. The third-order valence-corrected chi connectivity index (χ3v) is 2.43. The lowest BCUT2D eigenvalue weighted by atomic mass is 9.97. The predicted octanol–water partition coefficient (Wildman–Crippen LogP) is 3.05. The number of nitrogens with one attached hydrogen (secondary N) is 2. The lowest BCUT2D eigenvalue weighted by Gasteiger charge is -2.12. The van der Waals surface area contributed by atoms with Gasteiger partial charge in [-0.15, -0.1) is 0 Å². The quantitative estimate of drug-likeness (QED) is 0.876. The van der Waals surface area contributed by atoms with E-state index in [9.17, 15) is 4.79 Å². The molecule has 1 rings (SSSR count). The van der Waals surface area contributed by atoms with Gasteiger partial charge in [0.1, 0.15) is 5.75 Å². The second kappa shape index (κ2) is 6.83. The van der Waals surface area contributed by atoms with Gasteiger partial charge in [-0.3, -0.25) is 0 Å². The van der Waals surface area contributed by atoms with Crippen LogP contribution in [-0.4, -0.2) is 13.1 Å². The van der Waals surface area contributed by atoms with Crippen molar-refractivity contribution in [3.05, 3.63) is 42.1 Å². The van der Waals surface area contributed by atoms with Gasteiger partial charge in [0.05, 0.1) is 7.11 Å². The molecule has 0 heterocycles. The number of hydrogen-bond acceptors (Lipinski definition) is 2. The van der Waals surface area contributed by atoms with Crippen LogP contribution in [0.25, 0.3) is 0 Å². The molecule has 0 aliphatic rings. The fourth-order valence-corrected chi connectivity index (χ4v) is 1.44.